The summed E-state index contributed by atoms with van der Waals surface area (Å²) in [5.41, 5.74) is 2.05. The van der Waals surface area contributed by atoms with Gasteiger partial charge in [0, 0.05) is 37.8 Å². The van der Waals surface area contributed by atoms with Crippen molar-refractivity contribution < 1.29 is 23.9 Å². The minimum Gasteiger partial charge on any atom is -0.426 e. The van der Waals surface area contributed by atoms with Gasteiger partial charge in [-0.15, -0.1) is 0 Å². The first kappa shape index (κ1) is 20.6. The Labute approximate surface area is 187 Å². The molecule has 11 heteroatoms. The predicted molar refractivity (Wildman–Crippen MR) is 113 cm³/mol. The number of ether oxygens (including phenoxy) is 1. The Morgan fingerprint density at radius 1 is 1.18 bits per heavy atom. The molecule has 0 unspecified atom stereocenters. The number of fused-ring (bicyclic) bond motifs is 2. The molecule has 0 bridgehead atoms. The Bertz CT molecular complexity index is 1320. The molecule has 168 valence electrons. The third kappa shape index (κ3) is 3.88. The molecule has 1 atom stereocenters. The number of rotatable bonds is 5. The monoisotopic (exact) mass is 448 g/mol. The number of likely N-dealkylation sites (tertiary alicyclic amines) is 1. The van der Waals surface area contributed by atoms with E-state index in [9.17, 15) is 19.2 Å². The highest BCUT2D eigenvalue weighted by atomic mass is 16.5. The van der Waals surface area contributed by atoms with E-state index in [1.165, 1.54) is 16.8 Å². The maximum Gasteiger partial charge on any atom is 0.315 e. The van der Waals surface area contributed by atoms with Gasteiger partial charge in [0.2, 0.25) is 5.91 Å². The van der Waals surface area contributed by atoms with Gasteiger partial charge >= 0.3 is 5.97 Å². The molecule has 2 aliphatic rings. The molecule has 2 aromatic heterocycles. The van der Waals surface area contributed by atoms with Gasteiger partial charge in [0.25, 0.3) is 11.8 Å². The van der Waals surface area contributed by atoms with Crippen LogP contribution in [0.1, 0.15) is 38.5 Å². The molecule has 3 amide bonds. The van der Waals surface area contributed by atoms with Crippen LogP contribution in [0.5, 0.6) is 5.75 Å². The van der Waals surface area contributed by atoms with Crippen molar-refractivity contribution in [1.82, 2.24) is 30.1 Å². The van der Waals surface area contributed by atoms with Gasteiger partial charge in [-0.05, 0) is 24.1 Å². The number of carbonyl (C=O) groups excluding carboxylic acids is 4. The van der Waals surface area contributed by atoms with Gasteiger partial charge in [0.15, 0.2) is 5.65 Å². The molecule has 3 aromatic rings. The summed E-state index contributed by atoms with van der Waals surface area (Å²) in [5, 5.41) is 9.60. The third-order valence-corrected chi connectivity index (χ3v) is 5.69. The van der Waals surface area contributed by atoms with E-state index in [0.717, 1.165) is 11.1 Å². The van der Waals surface area contributed by atoms with E-state index in [-0.39, 0.29) is 36.2 Å². The molecule has 0 aliphatic carbocycles. The van der Waals surface area contributed by atoms with E-state index in [4.69, 9.17) is 4.74 Å². The summed E-state index contributed by atoms with van der Waals surface area (Å²) in [6.45, 7) is 0.769. The minimum absolute atomic E-state index is 0.0442. The summed E-state index contributed by atoms with van der Waals surface area (Å²) in [6, 6.07) is 7.59. The number of aromatic nitrogens is 3. The zero-order valence-electron chi connectivity index (χ0n) is 17.7. The summed E-state index contributed by atoms with van der Waals surface area (Å²) < 4.78 is 6.41. The lowest BCUT2D eigenvalue weighted by molar-refractivity contribution is -0.132. The van der Waals surface area contributed by atoms with Crippen molar-refractivity contribution in [2.75, 3.05) is 13.6 Å². The van der Waals surface area contributed by atoms with Crippen LogP contribution < -0.4 is 15.4 Å². The van der Waals surface area contributed by atoms with Crippen LogP contribution in [0.15, 0.2) is 36.5 Å². The number of esters is 1. The number of nitrogens with one attached hydrogen (secondary N) is 2. The Morgan fingerprint density at radius 3 is 2.82 bits per heavy atom. The third-order valence-electron chi connectivity index (χ3n) is 5.69. The molecule has 4 heterocycles. The van der Waals surface area contributed by atoms with E-state index in [1.54, 1.807) is 30.1 Å². The molecule has 0 spiro atoms. The molecule has 5 rings (SSSR count). The van der Waals surface area contributed by atoms with Gasteiger partial charge in [-0.2, -0.15) is 5.10 Å². The first-order valence-corrected chi connectivity index (χ1v) is 10.4. The summed E-state index contributed by atoms with van der Waals surface area (Å²) in [7, 11) is 1.68. The molecular formula is C22H20N6O5. The lowest BCUT2D eigenvalue weighted by atomic mass is 10.1. The number of hydrogen-bond acceptors (Lipinski definition) is 7. The molecule has 11 nitrogen and oxygen atoms in total. The average molecular weight is 448 g/mol. The van der Waals surface area contributed by atoms with Crippen molar-refractivity contribution in [3.05, 3.63) is 59.0 Å². The van der Waals surface area contributed by atoms with Crippen molar-refractivity contribution in [2.24, 2.45) is 0 Å². The van der Waals surface area contributed by atoms with Crippen LogP contribution in [0.25, 0.3) is 5.65 Å². The molecule has 1 aromatic carbocycles. The lowest BCUT2D eigenvalue weighted by Gasteiger charge is -2.13. The first-order chi connectivity index (χ1) is 15.9. The second-order valence-corrected chi connectivity index (χ2v) is 7.98. The first-order valence-electron chi connectivity index (χ1n) is 10.4. The topological polar surface area (TPSA) is 135 Å². The fraction of sp³-hybridized carbons (Fsp3) is 0.273. The van der Waals surface area contributed by atoms with Crippen LogP contribution in [0, 0.1) is 0 Å². The van der Waals surface area contributed by atoms with Gasteiger partial charge in [-0.25, -0.2) is 9.50 Å². The Balaban J connectivity index is 1.34. The highest BCUT2D eigenvalue weighted by Crippen LogP contribution is 2.26. The number of likely N-dealkylation sites (N-methyl/N-ethyl adjacent to an activating group) is 1. The fourth-order valence-electron chi connectivity index (χ4n) is 3.95. The largest absolute Gasteiger partial charge is 0.426 e. The second-order valence-electron chi connectivity index (χ2n) is 7.98. The Hall–Kier alpha value is -4.28. The molecule has 0 radical (unpaired) electrons. The van der Waals surface area contributed by atoms with Gasteiger partial charge < -0.3 is 20.3 Å². The SMILES string of the molecule is CN1CC[C@H](NC(=O)c2cc(C(=O)NCc3ccc4c(c3)CC(=O)O4)nc3ccnn23)C1=O. The van der Waals surface area contributed by atoms with Crippen LogP contribution in [-0.2, 0) is 22.6 Å². The van der Waals surface area contributed by atoms with E-state index < -0.39 is 17.9 Å². The van der Waals surface area contributed by atoms with Crippen LogP contribution in [0.3, 0.4) is 0 Å². The molecule has 2 N–H and O–H groups in total. The molecule has 1 saturated heterocycles. The van der Waals surface area contributed by atoms with Crippen LogP contribution >= 0.6 is 0 Å². The molecule has 1 fully saturated rings. The highest BCUT2D eigenvalue weighted by Gasteiger charge is 2.31. The van der Waals surface area contributed by atoms with Gasteiger partial charge in [0.1, 0.15) is 23.2 Å². The molecular weight excluding hydrogens is 428 g/mol. The quantitative estimate of drug-likeness (QED) is 0.417. The van der Waals surface area contributed by atoms with Crippen molar-refractivity contribution in [2.45, 2.75) is 25.4 Å². The standard InChI is InChI=1S/C22H20N6O5/c1-27-7-5-14(22(27)32)26-21(31)16-10-15(25-18-4-6-24-28(16)18)20(30)23-11-12-2-3-17-13(8-12)9-19(29)33-17/h2-4,6,8,10,14H,5,7,9,11H2,1H3,(H,23,30)(H,26,31)/t14-/m0/s1. The Morgan fingerprint density at radius 2 is 2.03 bits per heavy atom. The highest BCUT2D eigenvalue weighted by molar-refractivity contribution is 6.00. The van der Waals surface area contributed by atoms with Crippen molar-refractivity contribution >= 4 is 29.3 Å². The van der Waals surface area contributed by atoms with Crippen molar-refractivity contribution in [1.29, 1.82) is 0 Å². The fourth-order valence-corrected chi connectivity index (χ4v) is 3.95. The molecule has 0 saturated carbocycles. The van der Waals surface area contributed by atoms with Crippen LogP contribution in [-0.4, -0.2) is 62.8 Å². The number of carbonyl (C=O) groups is 4. The minimum atomic E-state index is -0.616. The summed E-state index contributed by atoms with van der Waals surface area (Å²) in [6.07, 6.45) is 2.19. The van der Waals surface area contributed by atoms with Crippen molar-refractivity contribution in [3.63, 3.8) is 0 Å². The summed E-state index contributed by atoms with van der Waals surface area (Å²) in [5.74, 6) is -0.922. The van der Waals surface area contributed by atoms with Crippen molar-refractivity contribution in [3.8, 4) is 5.75 Å². The normalized spacial score (nSPS) is 17.2. The average Bonchev–Trinajstić information content (AvgIpc) is 3.50. The number of hydrogen-bond donors (Lipinski definition) is 2. The van der Waals surface area contributed by atoms with Crippen LogP contribution in [0.2, 0.25) is 0 Å². The Kier molecular flexibility index (Phi) is 5.00. The molecule has 2 aliphatic heterocycles. The van der Waals surface area contributed by atoms with Gasteiger partial charge in [0.05, 0.1) is 12.6 Å². The maximum atomic E-state index is 12.9. The van der Waals surface area contributed by atoms with E-state index in [0.29, 0.717) is 24.4 Å². The van der Waals surface area contributed by atoms with E-state index in [1.807, 2.05) is 6.07 Å². The van der Waals surface area contributed by atoms with E-state index in [2.05, 4.69) is 20.7 Å². The lowest BCUT2D eigenvalue weighted by Crippen LogP contribution is -2.41. The molecule has 33 heavy (non-hydrogen) atoms. The van der Waals surface area contributed by atoms with E-state index >= 15 is 0 Å². The maximum absolute atomic E-state index is 12.9. The smallest absolute Gasteiger partial charge is 0.315 e. The summed E-state index contributed by atoms with van der Waals surface area (Å²) in [4.78, 5) is 55.1. The zero-order chi connectivity index (χ0) is 23.1. The number of benzene rings is 1. The summed E-state index contributed by atoms with van der Waals surface area (Å²) >= 11 is 0. The van der Waals surface area contributed by atoms with Crippen LogP contribution in [0.4, 0.5) is 0 Å². The number of nitrogens with zero attached hydrogens (tertiary/aromatic N) is 4. The second kappa shape index (κ2) is 8.01. The predicted octanol–water partition coefficient (Wildman–Crippen LogP) is 0.0813. The van der Waals surface area contributed by atoms with Gasteiger partial charge in [-0.3, -0.25) is 19.2 Å². The van der Waals surface area contributed by atoms with Gasteiger partial charge in [-0.1, -0.05) is 6.07 Å². The zero-order valence-corrected chi connectivity index (χ0v) is 17.7. The number of amides is 3.